The molecule has 1 saturated carbocycles. The first kappa shape index (κ1) is 9.10. The molecule has 0 atom stereocenters. The normalized spacial score (nSPS) is 17.3. The third-order valence-electron chi connectivity index (χ3n) is 1.63. The Hall–Kier alpha value is -0.990. The van der Waals surface area contributed by atoms with Gasteiger partial charge in [0, 0.05) is 17.8 Å². The van der Waals surface area contributed by atoms with Crippen LogP contribution in [0.1, 0.15) is 26.7 Å². The second kappa shape index (κ2) is 4.14. The maximum atomic E-state index is 10.9. The molecule has 0 radical (unpaired) electrons. The van der Waals surface area contributed by atoms with E-state index in [-0.39, 0.29) is 5.97 Å². The standard InChI is InChI=1S/C9H15NO2/c1-3-12-9(11)6-7(2)10-8-4-5-8/h6,8,10H,3-5H2,1-2H3. The van der Waals surface area contributed by atoms with Crippen molar-refractivity contribution in [1.82, 2.24) is 5.32 Å². The molecule has 0 unspecified atom stereocenters. The minimum absolute atomic E-state index is 0.261. The lowest BCUT2D eigenvalue weighted by Crippen LogP contribution is -2.15. The average Bonchev–Trinajstić information content (AvgIpc) is 2.71. The first-order valence-corrected chi connectivity index (χ1v) is 4.34. The molecule has 0 heterocycles. The van der Waals surface area contributed by atoms with Gasteiger partial charge in [0.2, 0.25) is 0 Å². The third kappa shape index (κ3) is 3.42. The van der Waals surface area contributed by atoms with E-state index < -0.39 is 0 Å². The van der Waals surface area contributed by atoms with E-state index in [1.807, 2.05) is 6.92 Å². The smallest absolute Gasteiger partial charge is 0.332 e. The van der Waals surface area contributed by atoms with Gasteiger partial charge in [-0.3, -0.25) is 0 Å². The van der Waals surface area contributed by atoms with Crippen LogP contribution in [0.4, 0.5) is 0 Å². The Morgan fingerprint density at radius 2 is 2.33 bits per heavy atom. The van der Waals surface area contributed by atoms with Crippen molar-refractivity contribution in [3.05, 3.63) is 11.8 Å². The van der Waals surface area contributed by atoms with Gasteiger partial charge in [0.25, 0.3) is 0 Å². The largest absolute Gasteiger partial charge is 0.463 e. The highest BCUT2D eigenvalue weighted by Crippen LogP contribution is 2.19. The SMILES string of the molecule is CCOC(=O)C=C(C)NC1CC1. The summed E-state index contributed by atoms with van der Waals surface area (Å²) in [6.45, 7) is 4.12. The molecule has 12 heavy (non-hydrogen) atoms. The van der Waals surface area contributed by atoms with Crippen molar-refractivity contribution in [3.8, 4) is 0 Å². The third-order valence-corrected chi connectivity index (χ3v) is 1.63. The van der Waals surface area contributed by atoms with Gasteiger partial charge in [0.15, 0.2) is 0 Å². The summed E-state index contributed by atoms with van der Waals surface area (Å²) in [4.78, 5) is 10.9. The number of nitrogens with one attached hydrogen (secondary N) is 1. The number of carbonyl (C=O) groups is 1. The summed E-state index contributed by atoms with van der Waals surface area (Å²) in [6.07, 6.45) is 3.93. The summed E-state index contributed by atoms with van der Waals surface area (Å²) in [7, 11) is 0. The quantitative estimate of drug-likeness (QED) is 0.507. The fourth-order valence-electron chi connectivity index (χ4n) is 0.952. The number of allylic oxidation sites excluding steroid dienone is 1. The number of hydrogen-bond donors (Lipinski definition) is 1. The summed E-state index contributed by atoms with van der Waals surface area (Å²) < 4.78 is 4.76. The van der Waals surface area contributed by atoms with Crippen LogP contribution in [0.5, 0.6) is 0 Å². The fraction of sp³-hybridized carbons (Fsp3) is 0.667. The van der Waals surface area contributed by atoms with Crippen LogP contribution in [0.15, 0.2) is 11.8 Å². The van der Waals surface area contributed by atoms with Crippen molar-refractivity contribution in [2.75, 3.05) is 6.61 Å². The molecule has 1 aliphatic rings. The van der Waals surface area contributed by atoms with Crippen molar-refractivity contribution in [3.63, 3.8) is 0 Å². The minimum Gasteiger partial charge on any atom is -0.463 e. The molecule has 0 aliphatic heterocycles. The molecule has 0 aromatic heterocycles. The molecule has 0 aromatic carbocycles. The Kier molecular flexibility index (Phi) is 3.14. The van der Waals surface area contributed by atoms with E-state index in [1.165, 1.54) is 18.9 Å². The van der Waals surface area contributed by atoms with Gasteiger partial charge >= 0.3 is 5.97 Å². The van der Waals surface area contributed by atoms with Crippen LogP contribution in [0.25, 0.3) is 0 Å². The number of ether oxygens (including phenoxy) is 1. The van der Waals surface area contributed by atoms with Crippen molar-refractivity contribution in [2.45, 2.75) is 32.7 Å². The zero-order valence-corrected chi connectivity index (χ0v) is 7.59. The molecule has 3 nitrogen and oxygen atoms in total. The number of esters is 1. The van der Waals surface area contributed by atoms with E-state index in [9.17, 15) is 4.79 Å². The number of rotatable bonds is 4. The van der Waals surface area contributed by atoms with E-state index in [0.717, 1.165) is 5.70 Å². The summed E-state index contributed by atoms with van der Waals surface area (Å²) in [5.41, 5.74) is 0.899. The van der Waals surface area contributed by atoms with Crippen LogP contribution in [0.3, 0.4) is 0 Å². The van der Waals surface area contributed by atoms with E-state index in [4.69, 9.17) is 4.74 Å². The highest BCUT2D eigenvalue weighted by molar-refractivity contribution is 5.82. The second-order valence-electron chi connectivity index (χ2n) is 3.00. The molecule has 0 aromatic rings. The Morgan fingerprint density at radius 1 is 1.67 bits per heavy atom. The topological polar surface area (TPSA) is 38.3 Å². The van der Waals surface area contributed by atoms with Crippen molar-refractivity contribution < 1.29 is 9.53 Å². The predicted octanol–water partition coefficient (Wildman–Crippen LogP) is 1.21. The van der Waals surface area contributed by atoms with Gasteiger partial charge in [-0.1, -0.05) is 0 Å². The Bertz CT molecular complexity index is 195. The van der Waals surface area contributed by atoms with Crippen LogP contribution in [-0.4, -0.2) is 18.6 Å². The first-order valence-electron chi connectivity index (χ1n) is 4.34. The van der Waals surface area contributed by atoms with E-state index in [2.05, 4.69) is 5.32 Å². The summed E-state index contributed by atoms with van der Waals surface area (Å²) in [5.74, 6) is -0.261. The molecular weight excluding hydrogens is 154 g/mol. The van der Waals surface area contributed by atoms with Gasteiger partial charge in [0.1, 0.15) is 0 Å². The number of carbonyl (C=O) groups excluding carboxylic acids is 1. The van der Waals surface area contributed by atoms with Crippen LogP contribution in [-0.2, 0) is 9.53 Å². The zero-order chi connectivity index (χ0) is 8.97. The fourth-order valence-corrected chi connectivity index (χ4v) is 0.952. The Balaban J connectivity index is 2.26. The summed E-state index contributed by atoms with van der Waals surface area (Å²) in [6, 6.07) is 0.593. The summed E-state index contributed by atoms with van der Waals surface area (Å²) in [5, 5.41) is 3.20. The van der Waals surface area contributed by atoms with E-state index in [0.29, 0.717) is 12.6 Å². The van der Waals surface area contributed by atoms with E-state index in [1.54, 1.807) is 6.92 Å². The van der Waals surface area contributed by atoms with Crippen molar-refractivity contribution in [1.29, 1.82) is 0 Å². The lowest BCUT2D eigenvalue weighted by Gasteiger charge is -2.03. The molecule has 0 spiro atoms. The van der Waals surface area contributed by atoms with Crippen LogP contribution >= 0.6 is 0 Å². The molecule has 1 rings (SSSR count). The van der Waals surface area contributed by atoms with Gasteiger partial charge in [-0.2, -0.15) is 0 Å². The van der Waals surface area contributed by atoms with Crippen LogP contribution in [0.2, 0.25) is 0 Å². The lowest BCUT2D eigenvalue weighted by atomic mass is 10.4. The molecule has 0 saturated heterocycles. The van der Waals surface area contributed by atoms with Crippen LogP contribution < -0.4 is 5.32 Å². The molecule has 1 fully saturated rings. The molecule has 0 bridgehead atoms. The zero-order valence-electron chi connectivity index (χ0n) is 7.59. The molecule has 68 valence electrons. The highest BCUT2D eigenvalue weighted by Gasteiger charge is 2.20. The Labute approximate surface area is 72.8 Å². The van der Waals surface area contributed by atoms with Gasteiger partial charge < -0.3 is 10.1 Å². The van der Waals surface area contributed by atoms with Gasteiger partial charge in [0.05, 0.1) is 6.61 Å². The Morgan fingerprint density at radius 3 is 2.83 bits per heavy atom. The summed E-state index contributed by atoms with van der Waals surface area (Å²) >= 11 is 0. The first-order chi connectivity index (χ1) is 5.72. The average molecular weight is 169 g/mol. The maximum Gasteiger partial charge on any atom is 0.332 e. The van der Waals surface area contributed by atoms with Crippen molar-refractivity contribution in [2.24, 2.45) is 0 Å². The second-order valence-corrected chi connectivity index (χ2v) is 3.00. The maximum absolute atomic E-state index is 10.9. The molecule has 1 N–H and O–H groups in total. The lowest BCUT2D eigenvalue weighted by molar-refractivity contribution is -0.137. The van der Waals surface area contributed by atoms with Gasteiger partial charge in [-0.25, -0.2) is 4.79 Å². The monoisotopic (exact) mass is 169 g/mol. The van der Waals surface area contributed by atoms with Gasteiger partial charge in [-0.15, -0.1) is 0 Å². The molecule has 1 aliphatic carbocycles. The highest BCUT2D eigenvalue weighted by atomic mass is 16.5. The molecular formula is C9H15NO2. The van der Waals surface area contributed by atoms with Gasteiger partial charge in [-0.05, 0) is 26.7 Å². The predicted molar refractivity (Wildman–Crippen MR) is 46.5 cm³/mol. The number of hydrogen-bond acceptors (Lipinski definition) is 3. The minimum atomic E-state index is -0.261. The van der Waals surface area contributed by atoms with E-state index >= 15 is 0 Å². The van der Waals surface area contributed by atoms with Crippen molar-refractivity contribution >= 4 is 5.97 Å². The van der Waals surface area contributed by atoms with Crippen LogP contribution in [0, 0.1) is 0 Å². The molecule has 0 amide bonds. The molecule has 3 heteroatoms.